The lowest BCUT2D eigenvalue weighted by molar-refractivity contribution is -0.129. The van der Waals surface area contributed by atoms with E-state index in [1.54, 1.807) is 11.8 Å². The van der Waals surface area contributed by atoms with Gasteiger partial charge in [0.05, 0.1) is 12.6 Å². The number of carbonyl (C=O) groups excluding carboxylic acids is 3. The van der Waals surface area contributed by atoms with Crippen LogP contribution in [0.5, 0.6) is 0 Å². The van der Waals surface area contributed by atoms with Gasteiger partial charge in [-0.25, -0.2) is 0 Å². The summed E-state index contributed by atoms with van der Waals surface area (Å²) in [6, 6.07) is 14.2. The number of likely N-dealkylation sites (tertiary alicyclic amines) is 2. The molecular weight excluding hydrogens is 667 g/mol. The Morgan fingerprint density at radius 3 is 2.19 bits per heavy atom. The number of hydrogen-bond donors (Lipinski definition) is 3. The highest BCUT2D eigenvalue weighted by Crippen LogP contribution is 2.32. The summed E-state index contributed by atoms with van der Waals surface area (Å²) in [4.78, 5) is 49.0. The molecule has 2 aromatic rings. The van der Waals surface area contributed by atoms with Crippen LogP contribution in [0.4, 0.5) is 5.69 Å². The third-order valence-electron chi connectivity index (χ3n) is 12.2. The van der Waals surface area contributed by atoms with Gasteiger partial charge in [0.25, 0.3) is 5.91 Å². The van der Waals surface area contributed by atoms with Gasteiger partial charge in [0.15, 0.2) is 0 Å². The van der Waals surface area contributed by atoms with Crippen LogP contribution in [0.2, 0.25) is 0 Å². The zero-order chi connectivity index (χ0) is 36.7. The fourth-order valence-electron chi connectivity index (χ4n) is 8.67. The molecule has 0 spiro atoms. The number of benzene rings is 2. The lowest BCUT2D eigenvalue weighted by Gasteiger charge is -2.39. The maximum absolute atomic E-state index is 12.9. The number of rotatable bonds is 12. The maximum Gasteiger partial charge on any atom is 0.251 e. The molecule has 1 unspecified atom stereocenters. The van der Waals surface area contributed by atoms with Crippen molar-refractivity contribution in [2.75, 3.05) is 96.5 Å². The molecule has 2 aromatic carbocycles. The summed E-state index contributed by atoms with van der Waals surface area (Å²) in [5.74, 6) is 0.868. The van der Waals surface area contributed by atoms with Crippen molar-refractivity contribution in [1.29, 1.82) is 0 Å². The van der Waals surface area contributed by atoms with Crippen LogP contribution in [0.3, 0.4) is 0 Å². The molecule has 4 heterocycles. The van der Waals surface area contributed by atoms with E-state index in [2.05, 4.69) is 43.5 Å². The minimum absolute atomic E-state index is 0.0313. The second-order valence-electron chi connectivity index (χ2n) is 15.9. The molecule has 4 aliphatic heterocycles. The van der Waals surface area contributed by atoms with Crippen LogP contribution in [0.1, 0.15) is 67.8 Å². The van der Waals surface area contributed by atoms with Gasteiger partial charge in [0, 0.05) is 95.9 Å². The predicted octanol–water partition coefficient (Wildman–Crippen LogP) is 3.33. The molecule has 3 saturated heterocycles. The topological polar surface area (TPSA) is 112 Å². The van der Waals surface area contributed by atoms with Gasteiger partial charge in [-0.15, -0.1) is 0 Å². The van der Waals surface area contributed by atoms with E-state index in [1.165, 1.54) is 42.6 Å². The number of β-amino-alcohol motifs (C(OH)–C–C–N with tert-alkyl or cyclic N) is 1. The molecule has 1 aliphatic carbocycles. The van der Waals surface area contributed by atoms with Crippen molar-refractivity contribution in [1.82, 2.24) is 30.2 Å². The van der Waals surface area contributed by atoms with E-state index in [4.69, 9.17) is 0 Å². The summed E-state index contributed by atoms with van der Waals surface area (Å²) in [5, 5.41) is 16.4. The first-order valence-electron chi connectivity index (χ1n) is 20.2. The number of nitrogens with one attached hydrogen (secondary N) is 2. The molecule has 3 amide bonds. The SMILES string of the molecule is CC(=O)N1CCCc2cc(-c3ccc(C(=O)NCCN4CCC(CN5CCN(CC(NCC(=O)N6CCC(O)C6)=C6CCC6)CC5)CC4)cc3)ccc21. The molecule has 0 bridgehead atoms. The average molecular weight is 726 g/mol. The Labute approximate surface area is 315 Å². The van der Waals surface area contributed by atoms with Crippen LogP contribution in [0, 0.1) is 5.92 Å². The Bertz CT molecular complexity index is 1620. The van der Waals surface area contributed by atoms with Gasteiger partial charge in [-0.2, -0.15) is 0 Å². The number of nitrogens with zero attached hydrogens (tertiary/aromatic N) is 5. The van der Waals surface area contributed by atoms with Crippen molar-refractivity contribution >= 4 is 23.4 Å². The Kier molecular flexibility index (Phi) is 12.5. The molecule has 0 aromatic heterocycles. The van der Waals surface area contributed by atoms with Crippen molar-refractivity contribution in [2.24, 2.45) is 5.92 Å². The summed E-state index contributed by atoms with van der Waals surface area (Å²) in [5.41, 5.74) is 7.82. The molecule has 5 aliphatic rings. The van der Waals surface area contributed by atoms with Gasteiger partial charge < -0.3 is 35.3 Å². The van der Waals surface area contributed by atoms with Crippen LogP contribution in [0.15, 0.2) is 53.7 Å². The third-order valence-corrected chi connectivity index (χ3v) is 12.2. The Balaban J connectivity index is 0.780. The number of fused-ring (bicyclic) bond motifs is 1. The molecule has 4 fully saturated rings. The average Bonchev–Trinajstić information content (AvgIpc) is 3.60. The molecule has 53 heavy (non-hydrogen) atoms. The molecule has 1 atom stereocenters. The predicted molar refractivity (Wildman–Crippen MR) is 209 cm³/mol. The molecule has 7 rings (SSSR count). The lowest BCUT2D eigenvalue weighted by Crippen LogP contribution is -2.50. The first-order chi connectivity index (χ1) is 25.8. The molecular formula is C42H59N7O4. The number of hydrogen-bond acceptors (Lipinski definition) is 8. The summed E-state index contributed by atoms with van der Waals surface area (Å²) >= 11 is 0. The Morgan fingerprint density at radius 2 is 1.51 bits per heavy atom. The van der Waals surface area contributed by atoms with Crippen LogP contribution in [-0.2, 0) is 16.0 Å². The molecule has 1 saturated carbocycles. The molecule has 0 radical (unpaired) electrons. The van der Waals surface area contributed by atoms with Crippen LogP contribution in [0.25, 0.3) is 11.1 Å². The maximum atomic E-state index is 12.9. The number of allylic oxidation sites excluding steroid dienone is 1. The van der Waals surface area contributed by atoms with Gasteiger partial charge in [0.1, 0.15) is 0 Å². The third kappa shape index (κ3) is 9.67. The van der Waals surface area contributed by atoms with Crippen molar-refractivity contribution in [3.05, 3.63) is 64.9 Å². The zero-order valence-corrected chi connectivity index (χ0v) is 31.7. The highest BCUT2D eigenvalue weighted by Gasteiger charge is 2.28. The van der Waals surface area contributed by atoms with Crippen LogP contribution < -0.4 is 15.5 Å². The standard InChI is InChI=1S/C42H59N7O4/c1-31(50)49-17-3-6-37-26-36(11-12-40(37)49)33-7-9-35(10-8-33)42(53)43-16-21-45-18-13-32(14-19-45)28-46-22-24-47(25-23-46)30-39(34-4-2-5-34)44-27-41(52)48-20-15-38(51)29-48/h7-12,26,32,38,44,51H,2-6,13-25,27-30H2,1H3,(H,43,53). The molecule has 286 valence electrons. The summed E-state index contributed by atoms with van der Waals surface area (Å²) < 4.78 is 0. The number of aliphatic hydroxyl groups is 1. The number of carbonyl (C=O) groups is 3. The van der Waals surface area contributed by atoms with Crippen molar-refractivity contribution in [3.8, 4) is 11.1 Å². The second-order valence-corrected chi connectivity index (χ2v) is 15.9. The van der Waals surface area contributed by atoms with Crippen molar-refractivity contribution < 1.29 is 19.5 Å². The zero-order valence-electron chi connectivity index (χ0n) is 31.7. The van der Waals surface area contributed by atoms with Crippen LogP contribution >= 0.6 is 0 Å². The smallest absolute Gasteiger partial charge is 0.251 e. The summed E-state index contributed by atoms with van der Waals surface area (Å²) in [6.45, 7) is 13.9. The van der Waals surface area contributed by atoms with Gasteiger partial charge in [0.2, 0.25) is 11.8 Å². The number of aryl methyl sites for hydroxylation is 1. The van der Waals surface area contributed by atoms with E-state index >= 15 is 0 Å². The molecule has 11 nitrogen and oxygen atoms in total. The first-order valence-corrected chi connectivity index (χ1v) is 20.2. The monoisotopic (exact) mass is 725 g/mol. The van der Waals surface area contributed by atoms with Crippen molar-refractivity contribution in [2.45, 2.75) is 64.4 Å². The highest BCUT2D eigenvalue weighted by atomic mass is 16.3. The Hall–Kier alpha value is -3.77. The van der Waals surface area contributed by atoms with E-state index in [0.29, 0.717) is 38.2 Å². The van der Waals surface area contributed by atoms with E-state index in [1.807, 2.05) is 29.2 Å². The first kappa shape index (κ1) is 37.5. The highest BCUT2D eigenvalue weighted by molar-refractivity contribution is 5.95. The fraction of sp³-hybridized carbons (Fsp3) is 0.595. The van der Waals surface area contributed by atoms with E-state index in [0.717, 1.165) is 107 Å². The normalized spacial score (nSPS) is 21.6. The lowest BCUT2D eigenvalue weighted by atomic mass is 9.90. The largest absolute Gasteiger partial charge is 0.391 e. The van der Waals surface area contributed by atoms with Gasteiger partial charge in [-0.3, -0.25) is 19.3 Å². The quantitative estimate of drug-likeness (QED) is 0.306. The number of piperazine rings is 1. The minimum Gasteiger partial charge on any atom is -0.391 e. The number of amides is 3. The van der Waals surface area contributed by atoms with Gasteiger partial charge >= 0.3 is 0 Å². The number of aliphatic hydroxyl groups excluding tert-OH is 1. The van der Waals surface area contributed by atoms with Gasteiger partial charge in [-0.05, 0) is 117 Å². The second kappa shape index (κ2) is 17.6. The fourth-order valence-corrected chi connectivity index (χ4v) is 8.67. The van der Waals surface area contributed by atoms with Crippen LogP contribution in [-0.4, -0.2) is 140 Å². The summed E-state index contributed by atoms with van der Waals surface area (Å²) in [6.07, 6.45) is 8.18. The molecule has 3 N–H and O–H groups in total. The van der Waals surface area contributed by atoms with E-state index in [9.17, 15) is 19.5 Å². The number of anilines is 1. The van der Waals surface area contributed by atoms with Gasteiger partial charge in [-0.1, -0.05) is 18.2 Å². The van der Waals surface area contributed by atoms with Crippen molar-refractivity contribution in [3.63, 3.8) is 0 Å². The number of piperidine rings is 1. The summed E-state index contributed by atoms with van der Waals surface area (Å²) in [7, 11) is 0. The molecule has 11 heteroatoms. The van der Waals surface area contributed by atoms with E-state index in [-0.39, 0.29) is 23.8 Å². The minimum atomic E-state index is -0.375. The van der Waals surface area contributed by atoms with E-state index < -0.39 is 0 Å². The Morgan fingerprint density at radius 1 is 0.774 bits per heavy atom.